The molecule has 0 aliphatic heterocycles. The molecule has 0 unspecified atom stereocenters. The second-order valence-corrected chi connectivity index (χ2v) is 5.11. The zero-order valence-electron chi connectivity index (χ0n) is 11.8. The fraction of sp³-hybridized carbons (Fsp3) is 0.0625. The highest BCUT2D eigenvalue weighted by Gasteiger charge is 2.12. The van der Waals surface area contributed by atoms with Gasteiger partial charge < -0.3 is 15.3 Å². The standard InChI is InChI=1S/C16H13N5O/c1-9(22)19-14-7-11(15-16(21-14)18-8-17-15)13-6-10-4-2-3-5-12(10)20-13/h2-8,20H,1H3,(H2,17,18,19,21,22). The lowest BCUT2D eigenvalue weighted by Gasteiger charge is -2.05. The third kappa shape index (κ3) is 2.01. The van der Waals surface area contributed by atoms with E-state index >= 15 is 0 Å². The number of imidazole rings is 1. The van der Waals surface area contributed by atoms with Crippen molar-refractivity contribution >= 4 is 33.8 Å². The molecule has 6 nitrogen and oxygen atoms in total. The van der Waals surface area contributed by atoms with Gasteiger partial charge in [0, 0.05) is 29.1 Å². The van der Waals surface area contributed by atoms with Crippen LogP contribution in [0.25, 0.3) is 33.3 Å². The van der Waals surface area contributed by atoms with Gasteiger partial charge in [-0.3, -0.25) is 4.79 Å². The zero-order chi connectivity index (χ0) is 15.1. The van der Waals surface area contributed by atoms with Gasteiger partial charge in [0.25, 0.3) is 0 Å². The summed E-state index contributed by atoms with van der Waals surface area (Å²) in [6, 6.07) is 12.0. The molecule has 3 heterocycles. The number of pyridine rings is 1. The van der Waals surface area contributed by atoms with Crippen LogP contribution in [0.4, 0.5) is 5.82 Å². The second-order valence-electron chi connectivity index (χ2n) is 5.11. The first-order valence-corrected chi connectivity index (χ1v) is 6.90. The van der Waals surface area contributed by atoms with Crippen LogP contribution in [0.15, 0.2) is 42.7 Å². The average Bonchev–Trinajstić information content (AvgIpc) is 3.11. The number of fused-ring (bicyclic) bond motifs is 2. The van der Waals surface area contributed by atoms with Crippen molar-refractivity contribution in [3.8, 4) is 11.3 Å². The Labute approximate surface area is 125 Å². The van der Waals surface area contributed by atoms with Crippen LogP contribution in [0.1, 0.15) is 6.92 Å². The Kier molecular flexibility index (Phi) is 2.69. The zero-order valence-corrected chi connectivity index (χ0v) is 11.8. The summed E-state index contributed by atoms with van der Waals surface area (Å²) >= 11 is 0. The van der Waals surface area contributed by atoms with E-state index in [4.69, 9.17) is 0 Å². The van der Waals surface area contributed by atoms with Crippen molar-refractivity contribution in [3.63, 3.8) is 0 Å². The van der Waals surface area contributed by atoms with E-state index in [1.165, 1.54) is 6.92 Å². The Balaban J connectivity index is 1.95. The van der Waals surface area contributed by atoms with Crippen LogP contribution in [0.3, 0.4) is 0 Å². The number of hydrogen-bond donors (Lipinski definition) is 3. The number of nitrogens with zero attached hydrogens (tertiary/aromatic N) is 2. The molecule has 0 fully saturated rings. The number of para-hydroxylation sites is 1. The number of benzene rings is 1. The molecule has 22 heavy (non-hydrogen) atoms. The molecule has 108 valence electrons. The molecule has 3 N–H and O–H groups in total. The summed E-state index contributed by atoms with van der Waals surface area (Å²) in [7, 11) is 0. The number of aromatic nitrogens is 4. The molecule has 4 rings (SSSR count). The van der Waals surface area contributed by atoms with Crippen molar-refractivity contribution < 1.29 is 4.79 Å². The molecule has 1 amide bonds. The summed E-state index contributed by atoms with van der Waals surface area (Å²) in [5.74, 6) is 0.325. The molecule has 3 aromatic heterocycles. The second kappa shape index (κ2) is 4.70. The smallest absolute Gasteiger partial charge is 0.222 e. The lowest BCUT2D eigenvalue weighted by Crippen LogP contribution is -2.07. The Morgan fingerprint density at radius 2 is 2.09 bits per heavy atom. The molecular weight excluding hydrogens is 278 g/mol. The fourth-order valence-corrected chi connectivity index (χ4v) is 2.60. The predicted molar refractivity (Wildman–Crippen MR) is 85.5 cm³/mol. The van der Waals surface area contributed by atoms with Gasteiger partial charge in [0.15, 0.2) is 5.65 Å². The maximum atomic E-state index is 11.3. The van der Waals surface area contributed by atoms with Crippen molar-refractivity contribution in [1.29, 1.82) is 0 Å². The Morgan fingerprint density at radius 1 is 1.23 bits per heavy atom. The number of carbonyl (C=O) groups is 1. The molecule has 0 radical (unpaired) electrons. The molecule has 0 atom stereocenters. The normalized spacial score (nSPS) is 11.1. The number of carbonyl (C=O) groups excluding carboxylic acids is 1. The van der Waals surface area contributed by atoms with Crippen LogP contribution < -0.4 is 5.32 Å². The number of anilines is 1. The van der Waals surface area contributed by atoms with Gasteiger partial charge >= 0.3 is 0 Å². The Morgan fingerprint density at radius 3 is 2.91 bits per heavy atom. The molecule has 6 heteroatoms. The van der Waals surface area contributed by atoms with Crippen LogP contribution in [0, 0.1) is 0 Å². The van der Waals surface area contributed by atoms with Gasteiger partial charge in [-0.05, 0) is 18.2 Å². The highest BCUT2D eigenvalue weighted by Crippen LogP contribution is 2.30. The van der Waals surface area contributed by atoms with E-state index in [0.717, 1.165) is 27.7 Å². The number of amides is 1. The van der Waals surface area contributed by atoms with Crippen molar-refractivity contribution in [2.75, 3.05) is 5.32 Å². The molecule has 4 aromatic rings. The predicted octanol–water partition coefficient (Wildman–Crippen LogP) is 3.06. The van der Waals surface area contributed by atoms with Gasteiger partial charge in [0.1, 0.15) is 5.82 Å². The topological polar surface area (TPSA) is 86.5 Å². The quantitative estimate of drug-likeness (QED) is 0.530. The highest BCUT2D eigenvalue weighted by atomic mass is 16.1. The minimum absolute atomic E-state index is 0.162. The number of aromatic amines is 2. The number of nitrogens with one attached hydrogen (secondary N) is 3. The van der Waals surface area contributed by atoms with Crippen LogP contribution in [-0.2, 0) is 4.79 Å². The lowest BCUT2D eigenvalue weighted by atomic mass is 10.1. The molecule has 0 saturated carbocycles. The number of hydrogen-bond acceptors (Lipinski definition) is 3. The monoisotopic (exact) mass is 291 g/mol. The van der Waals surface area contributed by atoms with Gasteiger partial charge in [-0.15, -0.1) is 0 Å². The fourth-order valence-electron chi connectivity index (χ4n) is 2.60. The van der Waals surface area contributed by atoms with E-state index in [1.807, 2.05) is 24.3 Å². The molecule has 0 aliphatic rings. The third-order valence-electron chi connectivity index (χ3n) is 3.52. The molecule has 1 aromatic carbocycles. The molecule has 0 spiro atoms. The van der Waals surface area contributed by atoms with E-state index in [0.29, 0.717) is 11.5 Å². The van der Waals surface area contributed by atoms with Gasteiger partial charge in [-0.25, -0.2) is 9.97 Å². The van der Waals surface area contributed by atoms with Crippen LogP contribution in [0.5, 0.6) is 0 Å². The Bertz CT molecular complexity index is 965. The summed E-state index contributed by atoms with van der Waals surface area (Å²) < 4.78 is 0. The van der Waals surface area contributed by atoms with Crippen LogP contribution >= 0.6 is 0 Å². The SMILES string of the molecule is CC(=O)Nc1cc(-c2cc3ccccc3[nH]2)c2[nH]cnc2n1. The molecule has 0 saturated heterocycles. The molecule has 0 bridgehead atoms. The minimum atomic E-state index is -0.162. The van der Waals surface area contributed by atoms with Gasteiger partial charge in [-0.2, -0.15) is 0 Å². The Hall–Kier alpha value is -3.15. The highest BCUT2D eigenvalue weighted by molar-refractivity contribution is 5.97. The van der Waals surface area contributed by atoms with Crippen molar-refractivity contribution in [1.82, 2.24) is 19.9 Å². The first-order chi connectivity index (χ1) is 10.7. The average molecular weight is 291 g/mol. The van der Waals surface area contributed by atoms with Crippen molar-refractivity contribution in [3.05, 3.63) is 42.7 Å². The van der Waals surface area contributed by atoms with E-state index in [-0.39, 0.29) is 5.91 Å². The van der Waals surface area contributed by atoms with Crippen LogP contribution in [-0.4, -0.2) is 25.8 Å². The van der Waals surface area contributed by atoms with Crippen molar-refractivity contribution in [2.24, 2.45) is 0 Å². The van der Waals surface area contributed by atoms with Gasteiger partial charge in [0.05, 0.1) is 11.8 Å². The summed E-state index contributed by atoms with van der Waals surface area (Å²) in [4.78, 5) is 26.3. The third-order valence-corrected chi connectivity index (χ3v) is 3.52. The first kappa shape index (κ1) is 12.6. The van der Waals surface area contributed by atoms with Gasteiger partial charge in [-0.1, -0.05) is 18.2 Å². The maximum absolute atomic E-state index is 11.3. The van der Waals surface area contributed by atoms with Crippen LogP contribution in [0.2, 0.25) is 0 Å². The molecule has 0 aliphatic carbocycles. The van der Waals surface area contributed by atoms with E-state index < -0.39 is 0 Å². The van der Waals surface area contributed by atoms with Crippen molar-refractivity contribution in [2.45, 2.75) is 6.92 Å². The molecular formula is C16H13N5O. The number of rotatable bonds is 2. The van der Waals surface area contributed by atoms with E-state index in [2.05, 4.69) is 37.4 Å². The summed E-state index contributed by atoms with van der Waals surface area (Å²) in [6.45, 7) is 1.46. The van der Waals surface area contributed by atoms with E-state index in [9.17, 15) is 4.79 Å². The lowest BCUT2D eigenvalue weighted by molar-refractivity contribution is -0.114. The summed E-state index contributed by atoms with van der Waals surface area (Å²) in [5, 5.41) is 3.84. The number of H-pyrrole nitrogens is 2. The van der Waals surface area contributed by atoms with Gasteiger partial charge in [0.2, 0.25) is 5.91 Å². The first-order valence-electron chi connectivity index (χ1n) is 6.90. The van der Waals surface area contributed by atoms with E-state index in [1.54, 1.807) is 6.33 Å². The summed E-state index contributed by atoms with van der Waals surface area (Å²) in [5.41, 5.74) is 4.33. The summed E-state index contributed by atoms with van der Waals surface area (Å²) in [6.07, 6.45) is 1.60. The maximum Gasteiger partial charge on any atom is 0.222 e. The minimum Gasteiger partial charge on any atom is -0.354 e. The largest absolute Gasteiger partial charge is 0.354 e.